The summed E-state index contributed by atoms with van der Waals surface area (Å²) in [6, 6.07) is 12.9. The Morgan fingerprint density at radius 1 is 1.13 bits per heavy atom. The van der Waals surface area contributed by atoms with Crippen LogP contribution in [0.4, 0.5) is 16.2 Å². The van der Waals surface area contributed by atoms with Gasteiger partial charge >= 0.3 is 6.09 Å². The summed E-state index contributed by atoms with van der Waals surface area (Å²) in [4.78, 5) is 26.9. The second-order valence-electron chi connectivity index (χ2n) is 7.80. The smallest absolute Gasteiger partial charge is 0.411 e. The van der Waals surface area contributed by atoms with Crippen molar-refractivity contribution in [2.24, 2.45) is 5.92 Å². The van der Waals surface area contributed by atoms with Crippen LogP contribution in [0.15, 0.2) is 42.5 Å². The lowest BCUT2D eigenvalue weighted by atomic mass is 9.89. The first-order chi connectivity index (χ1) is 14.6. The Balaban J connectivity index is 1.16. The maximum Gasteiger partial charge on any atom is 0.411 e. The molecule has 2 N–H and O–H groups in total. The third-order valence-corrected chi connectivity index (χ3v) is 6.04. The van der Waals surface area contributed by atoms with E-state index in [0.717, 1.165) is 55.8 Å². The van der Waals surface area contributed by atoms with Crippen molar-refractivity contribution >= 4 is 34.9 Å². The molecule has 0 bridgehead atoms. The third kappa shape index (κ3) is 5.12. The number of anilines is 2. The monoisotopic (exact) mass is 427 g/mol. The van der Waals surface area contributed by atoms with Crippen LogP contribution in [0.5, 0.6) is 0 Å². The zero-order valence-corrected chi connectivity index (χ0v) is 17.6. The zero-order chi connectivity index (χ0) is 20.9. The number of benzene rings is 2. The predicted octanol–water partition coefficient (Wildman–Crippen LogP) is 4.45. The number of amides is 1. The van der Waals surface area contributed by atoms with Crippen molar-refractivity contribution in [1.29, 1.82) is 0 Å². The van der Waals surface area contributed by atoms with Gasteiger partial charge in [-0.1, -0.05) is 11.6 Å². The molecule has 6 nitrogen and oxygen atoms in total. The first kappa shape index (κ1) is 20.7. The van der Waals surface area contributed by atoms with E-state index in [4.69, 9.17) is 16.3 Å². The van der Waals surface area contributed by atoms with Crippen molar-refractivity contribution in [3.05, 3.63) is 58.6 Å². The first-order valence-corrected chi connectivity index (χ1v) is 10.8. The Bertz CT molecular complexity index is 908. The van der Waals surface area contributed by atoms with E-state index in [1.807, 2.05) is 18.2 Å². The molecular formula is C23H26ClN3O3. The van der Waals surface area contributed by atoms with E-state index in [0.29, 0.717) is 18.2 Å². The van der Waals surface area contributed by atoms with Crippen LogP contribution in [0.2, 0.25) is 5.02 Å². The standard InChI is InChI=1S/C23H26ClN3O3/c24-19-3-1-16(2-4-19)22(28)17-8-11-27(12-9-17)13-14-30-23(29)26-20-5-6-21-18(15-20)7-10-25-21/h1-6,15,17,25H,7-14H2,(H,26,29). The van der Waals surface area contributed by atoms with Crippen LogP contribution in [0.1, 0.15) is 28.8 Å². The van der Waals surface area contributed by atoms with Gasteiger partial charge in [0, 0.05) is 41.0 Å². The van der Waals surface area contributed by atoms with Crippen molar-refractivity contribution in [1.82, 2.24) is 4.90 Å². The minimum absolute atomic E-state index is 0.0425. The van der Waals surface area contributed by atoms with Crippen molar-refractivity contribution in [2.75, 3.05) is 43.4 Å². The van der Waals surface area contributed by atoms with Crippen molar-refractivity contribution in [2.45, 2.75) is 19.3 Å². The van der Waals surface area contributed by atoms with Crippen LogP contribution in [-0.4, -0.2) is 49.6 Å². The Kier molecular flexibility index (Phi) is 6.55. The van der Waals surface area contributed by atoms with E-state index in [2.05, 4.69) is 15.5 Å². The van der Waals surface area contributed by atoms with Gasteiger partial charge in [-0.05, 0) is 80.4 Å². The van der Waals surface area contributed by atoms with E-state index < -0.39 is 6.09 Å². The molecule has 7 heteroatoms. The van der Waals surface area contributed by atoms with Crippen LogP contribution in [0.3, 0.4) is 0 Å². The van der Waals surface area contributed by atoms with Crippen LogP contribution < -0.4 is 10.6 Å². The number of nitrogens with zero attached hydrogens (tertiary/aromatic N) is 1. The highest BCUT2D eigenvalue weighted by molar-refractivity contribution is 6.30. The topological polar surface area (TPSA) is 70.7 Å². The molecule has 4 rings (SSSR count). The number of piperidine rings is 1. The van der Waals surface area contributed by atoms with Gasteiger partial charge in [0.2, 0.25) is 0 Å². The van der Waals surface area contributed by atoms with E-state index in [9.17, 15) is 9.59 Å². The van der Waals surface area contributed by atoms with Crippen LogP contribution >= 0.6 is 11.6 Å². The number of carbonyl (C=O) groups excluding carboxylic acids is 2. The van der Waals surface area contributed by atoms with Crippen molar-refractivity contribution in [3.8, 4) is 0 Å². The number of ketones is 1. The fourth-order valence-electron chi connectivity index (χ4n) is 4.07. The molecule has 1 amide bonds. The van der Waals surface area contributed by atoms with Gasteiger partial charge in [-0.2, -0.15) is 0 Å². The van der Waals surface area contributed by atoms with Gasteiger partial charge in [-0.15, -0.1) is 0 Å². The molecule has 2 aromatic rings. The minimum Gasteiger partial charge on any atom is -0.448 e. The highest BCUT2D eigenvalue weighted by Gasteiger charge is 2.25. The molecule has 0 spiro atoms. The molecule has 0 saturated carbocycles. The summed E-state index contributed by atoms with van der Waals surface area (Å²) in [7, 11) is 0. The maximum absolute atomic E-state index is 12.6. The second-order valence-corrected chi connectivity index (χ2v) is 8.23. The highest BCUT2D eigenvalue weighted by Crippen LogP contribution is 2.25. The summed E-state index contributed by atoms with van der Waals surface area (Å²) < 4.78 is 5.34. The average Bonchev–Trinajstić information content (AvgIpc) is 3.22. The summed E-state index contributed by atoms with van der Waals surface area (Å²) in [5.74, 6) is 0.229. The van der Waals surface area contributed by atoms with Gasteiger partial charge in [0.15, 0.2) is 5.78 Å². The number of nitrogens with one attached hydrogen (secondary N) is 2. The lowest BCUT2D eigenvalue weighted by molar-refractivity contribution is 0.0813. The lowest BCUT2D eigenvalue weighted by Crippen LogP contribution is -2.38. The molecule has 0 aromatic heterocycles. The number of fused-ring (bicyclic) bond motifs is 1. The molecular weight excluding hydrogens is 402 g/mol. The van der Waals surface area contributed by atoms with Crippen molar-refractivity contribution < 1.29 is 14.3 Å². The molecule has 0 radical (unpaired) electrons. The summed E-state index contributed by atoms with van der Waals surface area (Å²) >= 11 is 5.90. The number of Topliss-reactive ketones (excluding diaryl/α,β-unsaturated/α-hetero) is 1. The second kappa shape index (κ2) is 9.49. The number of carbonyl (C=O) groups is 2. The van der Waals surface area contributed by atoms with Gasteiger partial charge in [0.25, 0.3) is 0 Å². The molecule has 1 saturated heterocycles. The number of hydrogen-bond donors (Lipinski definition) is 2. The first-order valence-electron chi connectivity index (χ1n) is 10.4. The summed E-state index contributed by atoms with van der Waals surface area (Å²) in [5.41, 5.74) is 3.82. The molecule has 0 atom stereocenters. The molecule has 0 aliphatic carbocycles. The summed E-state index contributed by atoms with van der Waals surface area (Å²) in [6.45, 7) is 3.59. The molecule has 2 aliphatic heterocycles. The largest absolute Gasteiger partial charge is 0.448 e. The zero-order valence-electron chi connectivity index (χ0n) is 16.8. The predicted molar refractivity (Wildman–Crippen MR) is 119 cm³/mol. The van der Waals surface area contributed by atoms with Gasteiger partial charge in [0.1, 0.15) is 6.61 Å². The van der Waals surface area contributed by atoms with Gasteiger partial charge in [-0.25, -0.2) is 4.79 Å². The summed E-state index contributed by atoms with van der Waals surface area (Å²) in [5, 5.41) is 6.73. The fourth-order valence-corrected chi connectivity index (χ4v) is 4.20. The number of rotatable bonds is 6. The molecule has 158 valence electrons. The average molecular weight is 428 g/mol. The number of ether oxygens (including phenoxy) is 1. The Morgan fingerprint density at radius 2 is 1.90 bits per heavy atom. The van der Waals surface area contributed by atoms with Crippen LogP contribution in [0.25, 0.3) is 0 Å². The van der Waals surface area contributed by atoms with E-state index in [1.165, 1.54) is 5.56 Å². The normalized spacial score (nSPS) is 16.6. The van der Waals surface area contributed by atoms with Gasteiger partial charge < -0.3 is 10.1 Å². The number of halogens is 1. The molecule has 2 aliphatic rings. The van der Waals surface area contributed by atoms with E-state index in [1.54, 1.807) is 24.3 Å². The Hall–Kier alpha value is -2.57. The minimum atomic E-state index is -0.436. The molecule has 30 heavy (non-hydrogen) atoms. The van der Waals surface area contributed by atoms with Crippen molar-refractivity contribution in [3.63, 3.8) is 0 Å². The molecule has 2 heterocycles. The Morgan fingerprint density at radius 3 is 2.67 bits per heavy atom. The van der Waals surface area contributed by atoms with Crippen LogP contribution in [0, 0.1) is 5.92 Å². The highest BCUT2D eigenvalue weighted by atomic mass is 35.5. The summed E-state index contributed by atoms with van der Waals surface area (Å²) in [6.07, 6.45) is 2.16. The van der Waals surface area contributed by atoms with E-state index in [-0.39, 0.29) is 11.7 Å². The van der Waals surface area contributed by atoms with Crippen LogP contribution in [-0.2, 0) is 11.2 Å². The third-order valence-electron chi connectivity index (χ3n) is 5.79. The number of likely N-dealkylation sites (tertiary alicyclic amines) is 1. The molecule has 1 fully saturated rings. The van der Waals surface area contributed by atoms with Gasteiger partial charge in [0.05, 0.1) is 0 Å². The quantitative estimate of drug-likeness (QED) is 0.666. The molecule has 0 unspecified atom stereocenters. The Labute approximate surface area is 181 Å². The SMILES string of the molecule is O=C(Nc1ccc2c(c1)CCN2)OCCN1CCC(C(=O)c2ccc(Cl)cc2)CC1. The van der Waals surface area contributed by atoms with Gasteiger partial charge in [-0.3, -0.25) is 15.0 Å². The van der Waals surface area contributed by atoms with E-state index >= 15 is 0 Å². The lowest BCUT2D eigenvalue weighted by Gasteiger charge is -2.31. The fraction of sp³-hybridized carbons (Fsp3) is 0.391. The maximum atomic E-state index is 12.6. The number of hydrogen-bond acceptors (Lipinski definition) is 5. The molecule has 2 aromatic carbocycles.